The van der Waals surface area contributed by atoms with Crippen LogP contribution in [0.4, 0.5) is 0 Å². The van der Waals surface area contributed by atoms with Gasteiger partial charge in [-0.25, -0.2) is 0 Å². The Bertz CT molecular complexity index is 400. The Morgan fingerprint density at radius 2 is 1.63 bits per heavy atom. The van der Waals surface area contributed by atoms with Gasteiger partial charge in [-0.15, -0.1) is 0 Å². The molecule has 0 aliphatic carbocycles. The summed E-state index contributed by atoms with van der Waals surface area (Å²) in [7, 11) is 0. The first-order valence-corrected chi connectivity index (χ1v) is 7.51. The highest BCUT2D eigenvalue weighted by atomic mass is 35.5. The SMILES string of the molecule is CC(C)CC(O)(CC(C)C)c1c(Cl)cnn1C(C)C. The minimum atomic E-state index is -0.903. The zero-order valence-corrected chi connectivity index (χ0v) is 13.7. The highest BCUT2D eigenvalue weighted by Crippen LogP contribution is 2.39. The molecule has 1 rings (SSSR count). The Morgan fingerprint density at radius 1 is 1.16 bits per heavy atom. The van der Waals surface area contributed by atoms with Crippen LogP contribution in [0.5, 0.6) is 0 Å². The molecule has 0 aliphatic rings. The van der Waals surface area contributed by atoms with Gasteiger partial charge in [0.25, 0.3) is 0 Å². The van der Waals surface area contributed by atoms with Crippen LogP contribution in [0.15, 0.2) is 6.20 Å². The molecule has 3 nitrogen and oxygen atoms in total. The fraction of sp³-hybridized carbons (Fsp3) is 0.800. The molecular formula is C15H27ClN2O. The first kappa shape index (κ1) is 16.5. The molecular weight excluding hydrogens is 260 g/mol. The summed E-state index contributed by atoms with van der Waals surface area (Å²) in [6.07, 6.45) is 3.04. The van der Waals surface area contributed by atoms with E-state index in [0.29, 0.717) is 29.7 Å². The summed E-state index contributed by atoms with van der Waals surface area (Å²) in [5, 5.41) is 16.1. The van der Waals surface area contributed by atoms with Crippen molar-refractivity contribution in [1.29, 1.82) is 0 Å². The van der Waals surface area contributed by atoms with Gasteiger partial charge in [-0.2, -0.15) is 5.10 Å². The van der Waals surface area contributed by atoms with Crippen LogP contribution in [-0.2, 0) is 5.60 Å². The van der Waals surface area contributed by atoms with E-state index in [0.717, 1.165) is 5.69 Å². The lowest BCUT2D eigenvalue weighted by Crippen LogP contribution is -2.33. The van der Waals surface area contributed by atoms with Crippen LogP contribution in [-0.4, -0.2) is 14.9 Å². The monoisotopic (exact) mass is 286 g/mol. The lowest BCUT2D eigenvalue weighted by Gasteiger charge is -2.33. The average Bonchev–Trinajstić information content (AvgIpc) is 2.57. The van der Waals surface area contributed by atoms with Crippen molar-refractivity contribution in [2.75, 3.05) is 0 Å². The topological polar surface area (TPSA) is 38.1 Å². The van der Waals surface area contributed by atoms with E-state index in [2.05, 4.69) is 46.6 Å². The number of nitrogens with zero attached hydrogens (tertiary/aromatic N) is 2. The fourth-order valence-corrected chi connectivity index (χ4v) is 3.10. The van der Waals surface area contributed by atoms with E-state index >= 15 is 0 Å². The molecule has 0 atom stereocenters. The van der Waals surface area contributed by atoms with Crippen LogP contribution in [0.3, 0.4) is 0 Å². The average molecular weight is 287 g/mol. The summed E-state index contributed by atoms with van der Waals surface area (Å²) < 4.78 is 1.85. The maximum Gasteiger partial charge on any atom is 0.108 e. The molecule has 0 saturated carbocycles. The lowest BCUT2D eigenvalue weighted by molar-refractivity contribution is -0.0133. The first-order chi connectivity index (χ1) is 8.67. The third-order valence-corrected chi connectivity index (χ3v) is 3.45. The maximum absolute atomic E-state index is 11.2. The van der Waals surface area contributed by atoms with Crippen LogP contribution in [0.25, 0.3) is 0 Å². The third-order valence-electron chi connectivity index (χ3n) is 3.17. The molecule has 0 bridgehead atoms. The quantitative estimate of drug-likeness (QED) is 0.842. The van der Waals surface area contributed by atoms with Crippen molar-refractivity contribution in [2.45, 2.75) is 66.0 Å². The molecule has 0 spiro atoms. The summed E-state index contributed by atoms with van der Waals surface area (Å²) in [6.45, 7) is 12.6. The van der Waals surface area contributed by atoms with Crippen molar-refractivity contribution in [2.24, 2.45) is 11.8 Å². The van der Waals surface area contributed by atoms with Gasteiger partial charge < -0.3 is 5.11 Å². The fourth-order valence-electron chi connectivity index (χ4n) is 2.80. The molecule has 1 heterocycles. The lowest BCUT2D eigenvalue weighted by atomic mass is 9.82. The summed E-state index contributed by atoms with van der Waals surface area (Å²) in [4.78, 5) is 0. The van der Waals surface area contributed by atoms with E-state index in [1.54, 1.807) is 6.20 Å². The van der Waals surface area contributed by atoms with Crippen LogP contribution < -0.4 is 0 Å². The minimum Gasteiger partial charge on any atom is -0.383 e. The molecule has 0 aliphatic heterocycles. The van der Waals surface area contributed by atoms with Gasteiger partial charge in [-0.05, 0) is 38.5 Å². The molecule has 1 aromatic heterocycles. The predicted molar refractivity (Wildman–Crippen MR) is 80.4 cm³/mol. The molecule has 0 unspecified atom stereocenters. The van der Waals surface area contributed by atoms with Crippen molar-refractivity contribution in [3.63, 3.8) is 0 Å². The summed E-state index contributed by atoms with van der Waals surface area (Å²) in [5.74, 6) is 0.797. The zero-order valence-electron chi connectivity index (χ0n) is 12.9. The highest BCUT2D eigenvalue weighted by Gasteiger charge is 2.37. The highest BCUT2D eigenvalue weighted by molar-refractivity contribution is 6.31. The van der Waals surface area contributed by atoms with Gasteiger partial charge in [0.2, 0.25) is 0 Å². The molecule has 1 aromatic rings. The molecule has 19 heavy (non-hydrogen) atoms. The largest absolute Gasteiger partial charge is 0.383 e. The van der Waals surface area contributed by atoms with Crippen LogP contribution in [0.1, 0.15) is 66.1 Å². The molecule has 0 radical (unpaired) electrons. The van der Waals surface area contributed by atoms with E-state index in [-0.39, 0.29) is 6.04 Å². The zero-order chi connectivity index (χ0) is 14.8. The van der Waals surface area contributed by atoms with Crippen molar-refractivity contribution in [1.82, 2.24) is 9.78 Å². The van der Waals surface area contributed by atoms with Crippen LogP contribution in [0, 0.1) is 11.8 Å². The second-order valence-corrected chi connectivity index (χ2v) is 7.01. The predicted octanol–water partition coefficient (Wildman–Crippen LogP) is 4.40. The maximum atomic E-state index is 11.2. The minimum absolute atomic E-state index is 0.188. The van der Waals surface area contributed by atoms with Crippen LogP contribution in [0.2, 0.25) is 5.02 Å². The standard InChI is InChI=1S/C15H27ClN2O/c1-10(2)7-15(19,8-11(3)4)14-13(16)9-17-18(14)12(5)6/h9-12,19H,7-8H2,1-6H3. The second-order valence-electron chi connectivity index (χ2n) is 6.61. The van der Waals surface area contributed by atoms with Gasteiger partial charge >= 0.3 is 0 Å². The van der Waals surface area contributed by atoms with Crippen molar-refractivity contribution < 1.29 is 5.11 Å². The first-order valence-electron chi connectivity index (χ1n) is 7.13. The number of aliphatic hydroxyl groups is 1. The van der Waals surface area contributed by atoms with Crippen molar-refractivity contribution >= 4 is 11.6 Å². The van der Waals surface area contributed by atoms with E-state index in [1.807, 2.05) is 4.68 Å². The Labute approximate surface area is 122 Å². The molecule has 1 N–H and O–H groups in total. The number of hydrogen-bond acceptors (Lipinski definition) is 2. The van der Waals surface area contributed by atoms with Gasteiger partial charge in [0, 0.05) is 6.04 Å². The van der Waals surface area contributed by atoms with E-state index in [9.17, 15) is 5.11 Å². The molecule has 0 amide bonds. The number of aromatic nitrogens is 2. The van der Waals surface area contributed by atoms with Crippen molar-refractivity contribution in [3.05, 3.63) is 16.9 Å². The van der Waals surface area contributed by atoms with Gasteiger partial charge in [-0.1, -0.05) is 39.3 Å². The molecule has 0 aromatic carbocycles. The normalized spacial score (nSPS) is 13.0. The van der Waals surface area contributed by atoms with E-state index < -0.39 is 5.60 Å². The number of hydrogen-bond donors (Lipinski definition) is 1. The van der Waals surface area contributed by atoms with Gasteiger partial charge in [0.15, 0.2) is 0 Å². The van der Waals surface area contributed by atoms with Gasteiger partial charge in [0.1, 0.15) is 5.60 Å². The molecule has 0 fully saturated rings. The Morgan fingerprint density at radius 3 is 2.00 bits per heavy atom. The Balaban J connectivity index is 3.27. The van der Waals surface area contributed by atoms with Gasteiger partial charge in [0.05, 0.1) is 16.9 Å². The number of rotatable bonds is 6. The molecule has 4 heteroatoms. The summed E-state index contributed by atoms with van der Waals surface area (Å²) in [5.41, 5.74) is -0.133. The second kappa shape index (κ2) is 6.27. The summed E-state index contributed by atoms with van der Waals surface area (Å²) >= 11 is 6.30. The molecule has 110 valence electrons. The van der Waals surface area contributed by atoms with Crippen LogP contribution >= 0.6 is 11.6 Å². The van der Waals surface area contributed by atoms with E-state index in [1.165, 1.54) is 0 Å². The smallest absolute Gasteiger partial charge is 0.108 e. The van der Waals surface area contributed by atoms with E-state index in [4.69, 9.17) is 11.6 Å². The summed E-state index contributed by atoms with van der Waals surface area (Å²) in [6, 6.07) is 0.188. The Kier molecular flexibility index (Phi) is 5.45. The number of halogens is 1. The van der Waals surface area contributed by atoms with Crippen molar-refractivity contribution in [3.8, 4) is 0 Å². The third kappa shape index (κ3) is 3.96. The molecule has 0 saturated heterocycles. The van der Waals surface area contributed by atoms with Gasteiger partial charge in [-0.3, -0.25) is 4.68 Å². The Hall–Kier alpha value is -0.540.